The van der Waals surface area contributed by atoms with Crippen molar-refractivity contribution in [3.8, 4) is 0 Å². The molecule has 2 aliphatic rings. The van der Waals surface area contributed by atoms with Crippen LogP contribution in [-0.2, 0) is 9.59 Å². The quantitative estimate of drug-likeness (QED) is 0.764. The number of carbonyl (C=O) groups is 2. The number of likely N-dealkylation sites (N-methyl/N-ethyl adjacent to an activating group) is 1. The van der Waals surface area contributed by atoms with Gasteiger partial charge in [0.25, 0.3) is 0 Å². The molecular formula is C12H20N2O2. The van der Waals surface area contributed by atoms with Crippen molar-refractivity contribution in [1.29, 1.82) is 0 Å². The molecule has 0 aliphatic heterocycles. The summed E-state index contributed by atoms with van der Waals surface area (Å²) in [7, 11) is 3.41. The van der Waals surface area contributed by atoms with Crippen LogP contribution in [0, 0.1) is 17.8 Å². The van der Waals surface area contributed by atoms with Crippen LogP contribution >= 0.6 is 0 Å². The van der Waals surface area contributed by atoms with Gasteiger partial charge in [-0.1, -0.05) is 0 Å². The van der Waals surface area contributed by atoms with E-state index in [1.165, 1.54) is 11.3 Å². The van der Waals surface area contributed by atoms with Crippen molar-refractivity contribution in [1.82, 2.24) is 10.2 Å². The molecule has 4 nitrogen and oxygen atoms in total. The van der Waals surface area contributed by atoms with Crippen LogP contribution in [0.1, 0.15) is 26.2 Å². The summed E-state index contributed by atoms with van der Waals surface area (Å²) in [6.07, 6.45) is 3.37. The van der Waals surface area contributed by atoms with Crippen LogP contribution in [0.4, 0.5) is 0 Å². The topological polar surface area (TPSA) is 49.4 Å². The van der Waals surface area contributed by atoms with E-state index >= 15 is 0 Å². The second-order valence-electron chi connectivity index (χ2n) is 5.39. The Bertz CT molecular complexity index is 304. The Morgan fingerprint density at radius 3 is 2.25 bits per heavy atom. The molecule has 0 radical (unpaired) electrons. The third kappa shape index (κ3) is 2.20. The van der Waals surface area contributed by atoms with Crippen molar-refractivity contribution in [2.75, 3.05) is 14.1 Å². The number of hydrogen-bond acceptors (Lipinski definition) is 2. The van der Waals surface area contributed by atoms with Crippen LogP contribution in [0.25, 0.3) is 0 Å². The highest BCUT2D eigenvalue weighted by molar-refractivity contribution is 5.88. The van der Waals surface area contributed by atoms with Crippen molar-refractivity contribution < 1.29 is 9.59 Å². The van der Waals surface area contributed by atoms with Crippen LogP contribution in [0.15, 0.2) is 0 Å². The van der Waals surface area contributed by atoms with Crippen molar-refractivity contribution in [2.24, 2.45) is 17.8 Å². The predicted molar refractivity (Wildman–Crippen MR) is 60.6 cm³/mol. The second-order valence-corrected chi connectivity index (χ2v) is 5.39. The zero-order valence-electron chi connectivity index (χ0n) is 10.2. The minimum Gasteiger partial charge on any atom is -0.347 e. The first kappa shape index (κ1) is 11.4. The van der Waals surface area contributed by atoms with Crippen molar-refractivity contribution in [2.45, 2.75) is 32.2 Å². The smallest absolute Gasteiger partial charge is 0.244 e. The summed E-state index contributed by atoms with van der Waals surface area (Å²) in [6.45, 7) is 1.75. The summed E-state index contributed by atoms with van der Waals surface area (Å²) in [4.78, 5) is 25.0. The summed E-state index contributed by atoms with van der Waals surface area (Å²) in [5.74, 6) is 1.78. The SMILES string of the molecule is CC(NC(=O)C1CC2CC2C1)C(=O)N(C)C. The highest BCUT2D eigenvalue weighted by Crippen LogP contribution is 2.54. The monoisotopic (exact) mass is 224 g/mol. The largest absolute Gasteiger partial charge is 0.347 e. The fourth-order valence-corrected chi connectivity index (χ4v) is 2.71. The average Bonchev–Trinajstić information content (AvgIpc) is 2.84. The molecule has 0 saturated heterocycles. The van der Waals surface area contributed by atoms with E-state index in [4.69, 9.17) is 0 Å². The molecule has 0 aromatic heterocycles. The molecule has 2 aliphatic carbocycles. The number of nitrogens with one attached hydrogen (secondary N) is 1. The van der Waals surface area contributed by atoms with Gasteiger partial charge in [-0.25, -0.2) is 0 Å². The zero-order chi connectivity index (χ0) is 11.9. The molecular weight excluding hydrogens is 204 g/mol. The molecule has 1 N–H and O–H groups in total. The van der Waals surface area contributed by atoms with Gasteiger partial charge < -0.3 is 10.2 Å². The highest BCUT2D eigenvalue weighted by atomic mass is 16.2. The van der Waals surface area contributed by atoms with Crippen LogP contribution in [-0.4, -0.2) is 36.9 Å². The third-order valence-corrected chi connectivity index (χ3v) is 3.78. The Morgan fingerprint density at radius 1 is 1.19 bits per heavy atom. The van der Waals surface area contributed by atoms with Crippen LogP contribution in [0.2, 0.25) is 0 Å². The first-order valence-electron chi connectivity index (χ1n) is 6.00. The van der Waals surface area contributed by atoms with Crippen molar-refractivity contribution in [3.63, 3.8) is 0 Å². The fraction of sp³-hybridized carbons (Fsp3) is 0.833. The molecule has 16 heavy (non-hydrogen) atoms. The first-order valence-corrected chi connectivity index (χ1v) is 6.00. The number of amides is 2. The second kappa shape index (κ2) is 4.07. The lowest BCUT2D eigenvalue weighted by molar-refractivity contribution is -0.135. The summed E-state index contributed by atoms with van der Waals surface area (Å²) < 4.78 is 0. The van der Waals surface area contributed by atoms with Gasteiger partial charge in [-0.05, 0) is 38.0 Å². The highest BCUT2D eigenvalue weighted by Gasteiger charge is 2.48. The minimum absolute atomic E-state index is 0.0449. The van der Waals surface area contributed by atoms with Gasteiger partial charge in [0.1, 0.15) is 6.04 Å². The molecule has 0 aromatic carbocycles. The van der Waals surface area contributed by atoms with E-state index in [0.29, 0.717) is 0 Å². The Labute approximate surface area is 96.4 Å². The number of fused-ring (bicyclic) bond motifs is 1. The summed E-state index contributed by atoms with van der Waals surface area (Å²) in [6, 6.07) is -0.403. The van der Waals surface area contributed by atoms with E-state index in [2.05, 4.69) is 5.32 Å². The fourth-order valence-electron chi connectivity index (χ4n) is 2.71. The zero-order valence-corrected chi connectivity index (χ0v) is 10.2. The van der Waals surface area contributed by atoms with Crippen molar-refractivity contribution in [3.05, 3.63) is 0 Å². The molecule has 2 rings (SSSR count). The van der Waals surface area contributed by atoms with E-state index in [1.54, 1.807) is 21.0 Å². The molecule has 2 fully saturated rings. The predicted octanol–water partition coefficient (Wildman–Crippen LogP) is 0.625. The molecule has 2 saturated carbocycles. The molecule has 0 aromatic rings. The van der Waals surface area contributed by atoms with Crippen LogP contribution in [0.3, 0.4) is 0 Å². The Morgan fingerprint density at radius 2 is 1.75 bits per heavy atom. The first-order chi connectivity index (χ1) is 7.49. The van der Waals surface area contributed by atoms with E-state index < -0.39 is 6.04 Å². The van der Waals surface area contributed by atoms with Gasteiger partial charge in [-0.2, -0.15) is 0 Å². The molecule has 90 valence electrons. The number of carbonyl (C=O) groups excluding carboxylic acids is 2. The lowest BCUT2D eigenvalue weighted by Crippen LogP contribution is -2.46. The van der Waals surface area contributed by atoms with Crippen molar-refractivity contribution >= 4 is 11.8 Å². The van der Waals surface area contributed by atoms with E-state index in [1.807, 2.05) is 0 Å². The normalized spacial score (nSPS) is 32.8. The lowest BCUT2D eigenvalue weighted by Gasteiger charge is -2.20. The summed E-state index contributed by atoms with van der Waals surface area (Å²) >= 11 is 0. The van der Waals surface area contributed by atoms with Gasteiger partial charge in [-0.3, -0.25) is 9.59 Å². The number of nitrogens with zero attached hydrogens (tertiary/aromatic N) is 1. The van der Waals surface area contributed by atoms with Gasteiger partial charge in [0.05, 0.1) is 0 Å². The van der Waals surface area contributed by atoms with E-state index in [-0.39, 0.29) is 17.7 Å². The maximum absolute atomic E-state index is 11.9. The Kier molecular flexibility index (Phi) is 2.91. The minimum atomic E-state index is -0.403. The lowest BCUT2D eigenvalue weighted by atomic mass is 10.0. The van der Waals surface area contributed by atoms with Gasteiger partial charge in [-0.15, -0.1) is 0 Å². The van der Waals surface area contributed by atoms with E-state index in [9.17, 15) is 9.59 Å². The van der Waals surface area contributed by atoms with Gasteiger partial charge in [0.15, 0.2) is 0 Å². The average molecular weight is 224 g/mol. The van der Waals surface area contributed by atoms with Gasteiger partial charge >= 0.3 is 0 Å². The van der Waals surface area contributed by atoms with E-state index in [0.717, 1.165) is 24.7 Å². The third-order valence-electron chi connectivity index (χ3n) is 3.78. The summed E-state index contributed by atoms with van der Waals surface area (Å²) in [5.41, 5.74) is 0. The maximum Gasteiger partial charge on any atom is 0.244 e. The molecule has 4 heteroatoms. The standard InChI is InChI=1S/C12H20N2O2/c1-7(12(16)14(2)3)13-11(15)10-5-8-4-9(8)6-10/h7-10H,4-6H2,1-3H3,(H,13,15). The number of hydrogen-bond donors (Lipinski definition) is 1. The molecule has 0 bridgehead atoms. The molecule has 3 unspecified atom stereocenters. The van der Waals surface area contributed by atoms with Crippen LogP contribution < -0.4 is 5.32 Å². The van der Waals surface area contributed by atoms with Gasteiger partial charge in [0.2, 0.25) is 11.8 Å². The molecule has 0 spiro atoms. The Hall–Kier alpha value is -1.06. The maximum atomic E-state index is 11.9. The van der Waals surface area contributed by atoms with Crippen LogP contribution in [0.5, 0.6) is 0 Å². The molecule has 2 amide bonds. The Balaban J connectivity index is 1.80. The molecule has 3 atom stereocenters. The molecule has 0 heterocycles. The van der Waals surface area contributed by atoms with Gasteiger partial charge in [0, 0.05) is 20.0 Å². The summed E-state index contributed by atoms with van der Waals surface area (Å²) in [5, 5.41) is 2.81. The number of rotatable bonds is 3.